The minimum atomic E-state index is 0.108. The Morgan fingerprint density at radius 1 is 1.29 bits per heavy atom. The number of benzene rings is 1. The van der Waals surface area contributed by atoms with Crippen LogP contribution >= 0.6 is 34.7 Å². The Morgan fingerprint density at radius 2 is 1.95 bits per heavy atom. The molecule has 5 heteroatoms. The lowest BCUT2D eigenvalue weighted by atomic mass is 9.93. The van der Waals surface area contributed by atoms with Gasteiger partial charge in [-0.15, -0.1) is 23.1 Å². The highest BCUT2D eigenvalue weighted by Gasteiger charge is 2.18. The van der Waals surface area contributed by atoms with Crippen LogP contribution in [0, 0.1) is 0 Å². The molecule has 2 aromatic rings. The summed E-state index contributed by atoms with van der Waals surface area (Å²) in [5.41, 5.74) is 7.48. The molecule has 1 aromatic carbocycles. The number of rotatable bonds is 5. The average molecular weight is 341 g/mol. The second-order valence-corrected chi connectivity index (χ2v) is 8.58. The lowest BCUT2D eigenvalue weighted by Gasteiger charge is -2.14. The summed E-state index contributed by atoms with van der Waals surface area (Å²) in [6.07, 6.45) is 0.835. The average Bonchev–Trinajstić information content (AvgIpc) is 2.86. The van der Waals surface area contributed by atoms with E-state index in [4.69, 9.17) is 22.3 Å². The molecule has 0 spiro atoms. The minimum absolute atomic E-state index is 0.108. The van der Waals surface area contributed by atoms with E-state index in [9.17, 15) is 0 Å². The quantitative estimate of drug-likeness (QED) is 0.798. The predicted octanol–water partition coefficient (Wildman–Crippen LogP) is 4.76. The van der Waals surface area contributed by atoms with Crippen molar-refractivity contribution >= 4 is 34.7 Å². The van der Waals surface area contributed by atoms with Crippen molar-refractivity contribution in [1.82, 2.24) is 4.98 Å². The first-order valence-electron chi connectivity index (χ1n) is 6.93. The third kappa shape index (κ3) is 5.29. The fourth-order valence-electron chi connectivity index (χ4n) is 1.77. The summed E-state index contributed by atoms with van der Waals surface area (Å²) in [6, 6.07) is 7.99. The molecule has 0 radical (unpaired) electrons. The number of hydrogen-bond donors (Lipinski definition) is 1. The largest absolute Gasteiger partial charge is 0.327 e. The molecule has 1 aromatic heterocycles. The zero-order valence-corrected chi connectivity index (χ0v) is 15.0. The van der Waals surface area contributed by atoms with Crippen LogP contribution in [0.15, 0.2) is 34.5 Å². The maximum absolute atomic E-state index is 6.22. The summed E-state index contributed by atoms with van der Waals surface area (Å²) >= 11 is 9.35. The number of thiazole rings is 1. The smallest absolute Gasteiger partial charge is 0.0944 e. The van der Waals surface area contributed by atoms with Gasteiger partial charge in [-0.2, -0.15) is 0 Å². The molecule has 1 atom stereocenters. The lowest BCUT2D eigenvalue weighted by molar-refractivity contribution is 0.569. The Morgan fingerprint density at radius 3 is 2.52 bits per heavy atom. The standard InChI is InChI=1S/C16H21ClN2S2/c1-16(2,3)14-10-21-15(19-14)8-12(18)9-20-13-6-4-11(17)5-7-13/h4-7,10,12H,8-9,18H2,1-3H3. The van der Waals surface area contributed by atoms with Crippen molar-refractivity contribution in [2.75, 3.05) is 5.75 Å². The van der Waals surface area contributed by atoms with Crippen molar-refractivity contribution in [3.05, 3.63) is 45.4 Å². The van der Waals surface area contributed by atoms with E-state index in [1.54, 1.807) is 23.1 Å². The Kier molecular flexibility index (Phi) is 5.72. The van der Waals surface area contributed by atoms with Gasteiger partial charge in [0.05, 0.1) is 10.7 Å². The molecule has 0 aliphatic rings. The summed E-state index contributed by atoms with van der Waals surface area (Å²) in [4.78, 5) is 5.90. The molecular formula is C16H21ClN2S2. The van der Waals surface area contributed by atoms with Crippen molar-refractivity contribution in [1.29, 1.82) is 0 Å². The van der Waals surface area contributed by atoms with Crippen LogP contribution in [-0.2, 0) is 11.8 Å². The van der Waals surface area contributed by atoms with Crippen molar-refractivity contribution in [3.63, 3.8) is 0 Å². The summed E-state index contributed by atoms with van der Waals surface area (Å²) in [6.45, 7) is 6.55. The van der Waals surface area contributed by atoms with E-state index in [0.717, 1.165) is 27.9 Å². The fraction of sp³-hybridized carbons (Fsp3) is 0.438. The summed E-state index contributed by atoms with van der Waals surface area (Å²) < 4.78 is 0. The van der Waals surface area contributed by atoms with Gasteiger partial charge in [0.25, 0.3) is 0 Å². The van der Waals surface area contributed by atoms with Crippen LogP contribution in [-0.4, -0.2) is 16.8 Å². The van der Waals surface area contributed by atoms with Gasteiger partial charge in [-0.05, 0) is 24.3 Å². The monoisotopic (exact) mass is 340 g/mol. The van der Waals surface area contributed by atoms with Gasteiger partial charge < -0.3 is 5.73 Å². The number of nitrogens with two attached hydrogens (primary N) is 1. The minimum Gasteiger partial charge on any atom is -0.327 e. The van der Waals surface area contributed by atoms with Crippen LogP contribution in [0.2, 0.25) is 5.02 Å². The molecule has 0 bridgehead atoms. The molecule has 0 amide bonds. The number of nitrogens with zero attached hydrogens (tertiary/aromatic N) is 1. The van der Waals surface area contributed by atoms with Gasteiger partial charge in [-0.1, -0.05) is 32.4 Å². The first-order valence-corrected chi connectivity index (χ1v) is 9.18. The van der Waals surface area contributed by atoms with E-state index in [2.05, 4.69) is 26.2 Å². The molecule has 0 saturated carbocycles. The third-order valence-electron chi connectivity index (χ3n) is 3.03. The Hall–Kier alpha value is -0.550. The number of halogens is 1. The molecule has 0 fully saturated rings. The van der Waals surface area contributed by atoms with E-state index in [1.807, 2.05) is 24.3 Å². The molecule has 0 aliphatic carbocycles. The molecule has 2 N–H and O–H groups in total. The maximum Gasteiger partial charge on any atom is 0.0944 e. The molecule has 0 saturated heterocycles. The second-order valence-electron chi connectivity index (χ2n) is 6.11. The Bertz CT molecular complexity index is 573. The van der Waals surface area contributed by atoms with Crippen molar-refractivity contribution in [2.24, 2.45) is 5.73 Å². The van der Waals surface area contributed by atoms with E-state index >= 15 is 0 Å². The molecule has 114 valence electrons. The molecular weight excluding hydrogens is 320 g/mol. The number of thioether (sulfide) groups is 1. The molecule has 1 heterocycles. The van der Waals surface area contributed by atoms with Crippen LogP contribution < -0.4 is 5.73 Å². The van der Waals surface area contributed by atoms with E-state index in [1.165, 1.54) is 4.90 Å². The topological polar surface area (TPSA) is 38.9 Å². The van der Waals surface area contributed by atoms with Gasteiger partial charge in [0.15, 0.2) is 0 Å². The van der Waals surface area contributed by atoms with Crippen LogP contribution in [0.4, 0.5) is 0 Å². The van der Waals surface area contributed by atoms with Gasteiger partial charge in [-0.25, -0.2) is 4.98 Å². The van der Waals surface area contributed by atoms with Gasteiger partial charge in [0.2, 0.25) is 0 Å². The van der Waals surface area contributed by atoms with Crippen LogP contribution in [0.1, 0.15) is 31.5 Å². The highest BCUT2D eigenvalue weighted by atomic mass is 35.5. The second kappa shape index (κ2) is 7.14. The Balaban J connectivity index is 1.85. The molecule has 1 unspecified atom stereocenters. The van der Waals surface area contributed by atoms with Crippen LogP contribution in [0.5, 0.6) is 0 Å². The van der Waals surface area contributed by atoms with E-state index in [-0.39, 0.29) is 11.5 Å². The maximum atomic E-state index is 6.22. The van der Waals surface area contributed by atoms with Crippen molar-refractivity contribution in [3.8, 4) is 0 Å². The van der Waals surface area contributed by atoms with Crippen LogP contribution in [0.3, 0.4) is 0 Å². The van der Waals surface area contributed by atoms with Gasteiger partial charge in [0, 0.05) is 38.9 Å². The predicted molar refractivity (Wildman–Crippen MR) is 94.7 cm³/mol. The van der Waals surface area contributed by atoms with Gasteiger partial charge in [-0.3, -0.25) is 0 Å². The molecule has 21 heavy (non-hydrogen) atoms. The van der Waals surface area contributed by atoms with Crippen molar-refractivity contribution < 1.29 is 0 Å². The number of hydrogen-bond acceptors (Lipinski definition) is 4. The molecule has 0 aliphatic heterocycles. The summed E-state index contributed by atoms with van der Waals surface area (Å²) in [7, 11) is 0. The van der Waals surface area contributed by atoms with Gasteiger partial charge >= 0.3 is 0 Å². The third-order valence-corrected chi connectivity index (χ3v) is 5.36. The van der Waals surface area contributed by atoms with E-state index in [0.29, 0.717) is 0 Å². The Labute approximate surface area is 140 Å². The first kappa shape index (κ1) is 16.8. The highest BCUT2D eigenvalue weighted by Crippen LogP contribution is 2.25. The van der Waals surface area contributed by atoms with Crippen molar-refractivity contribution in [2.45, 2.75) is 43.5 Å². The van der Waals surface area contributed by atoms with Crippen LogP contribution in [0.25, 0.3) is 0 Å². The SMILES string of the molecule is CC(C)(C)c1csc(CC(N)CSc2ccc(Cl)cc2)n1. The zero-order valence-electron chi connectivity index (χ0n) is 12.6. The molecule has 2 nitrogen and oxygen atoms in total. The lowest BCUT2D eigenvalue weighted by Crippen LogP contribution is -2.25. The van der Waals surface area contributed by atoms with Gasteiger partial charge in [0.1, 0.15) is 0 Å². The van der Waals surface area contributed by atoms with E-state index < -0.39 is 0 Å². The zero-order chi connectivity index (χ0) is 15.5. The highest BCUT2D eigenvalue weighted by molar-refractivity contribution is 7.99. The molecule has 2 rings (SSSR count). The fourth-order valence-corrected chi connectivity index (χ4v) is 3.86. The first-order chi connectivity index (χ1) is 9.84. The normalized spacial score (nSPS) is 13.4. The number of aromatic nitrogens is 1. The summed E-state index contributed by atoms with van der Waals surface area (Å²) in [5, 5.41) is 4.04. The summed E-state index contributed by atoms with van der Waals surface area (Å²) in [5.74, 6) is 0.881.